The van der Waals surface area contributed by atoms with Gasteiger partial charge in [-0.15, -0.1) is 0 Å². The first-order valence-electron chi connectivity index (χ1n) is 11.0. The molecule has 168 valence electrons. The largest absolute Gasteiger partial charge is 0.465 e. The van der Waals surface area contributed by atoms with Gasteiger partial charge in [-0.25, -0.2) is 4.79 Å². The Kier molecular flexibility index (Phi) is 5.98. The van der Waals surface area contributed by atoms with Crippen LogP contribution in [0.1, 0.15) is 39.9 Å². The first kappa shape index (κ1) is 21.4. The summed E-state index contributed by atoms with van der Waals surface area (Å²) in [6, 6.07) is 15.4. The first-order chi connectivity index (χ1) is 16.1. The average molecular weight is 460 g/mol. The van der Waals surface area contributed by atoms with E-state index in [0.29, 0.717) is 28.1 Å². The molecule has 0 unspecified atom stereocenters. The van der Waals surface area contributed by atoms with Crippen LogP contribution in [0.25, 0.3) is 11.3 Å². The molecule has 1 fully saturated rings. The molecule has 0 spiro atoms. The number of amides is 1. The zero-order valence-electron chi connectivity index (χ0n) is 18.4. The molecule has 7 heteroatoms. The summed E-state index contributed by atoms with van der Waals surface area (Å²) in [6.07, 6.45) is 2.52. The molecule has 0 aliphatic carbocycles. The second-order valence-electron chi connectivity index (χ2n) is 8.28. The molecule has 3 aromatic rings. The maximum Gasteiger partial charge on any atom is 0.337 e. The van der Waals surface area contributed by atoms with Gasteiger partial charge >= 0.3 is 5.97 Å². The van der Waals surface area contributed by atoms with E-state index >= 15 is 0 Å². The van der Waals surface area contributed by atoms with Crippen LogP contribution in [0.15, 0.2) is 59.3 Å². The van der Waals surface area contributed by atoms with E-state index in [0.717, 1.165) is 30.9 Å². The van der Waals surface area contributed by atoms with Gasteiger partial charge in [0.1, 0.15) is 0 Å². The minimum Gasteiger partial charge on any atom is -0.465 e. The van der Waals surface area contributed by atoms with Gasteiger partial charge in [0.25, 0.3) is 5.91 Å². The maximum absolute atomic E-state index is 13.1. The van der Waals surface area contributed by atoms with Crippen molar-refractivity contribution in [2.75, 3.05) is 30.8 Å². The van der Waals surface area contributed by atoms with Gasteiger partial charge in [0.2, 0.25) is 0 Å². The van der Waals surface area contributed by atoms with Crippen LogP contribution in [0.5, 0.6) is 0 Å². The van der Waals surface area contributed by atoms with E-state index < -0.39 is 5.97 Å². The molecule has 2 aliphatic rings. The van der Waals surface area contributed by atoms with Gasteiger partial charge in [0, 0.05) is 34.4 Å². The van der Waals surface area contributed by atoms with Crippen LogP contribution in [0.2, 0.25) is 0 Å². The van der Waals surface area contributed by atoms with E-state index in [1.807, 2.05) is 29.0 Å². The van der Waals surface area contributed by atoms with Crippen LogP contribution in [0.4, 0.5) is 11.4 Å². The van der Waals surface area contributed by atoms with E-state index in [2.05, 4.69) is 27.7 Å². The number of hydrogen-bond donors (Lipinski definition) is 2. The Morgan fingerprint density at radius 1 is 1.12 bits per heavy atom. The summed E-state index contributed by atoms with van der Waals surface area (Å²) >= 11 is 1.57. The van der Waals surface area contributed by atoms with Gasteiger partial charge in [0.05, 0.1) is 23.9 Å². The summed E-state index contributed by atoms with van der Waals surface area (Å²) in [6.45, 7) is 3.20. The standard InChI is InChI=1S/C26H25N3O3S/c1-32-26(31)18-7-8-22-21(14-18)23(25(30)28-22)24(19-9-12-33-16-19)27-20-6-4-5-17(13-20)15-29-10-2-3-11-29/h4-9,12-14,16,27H,2-3,10-11,15H2,1H3,(H,28,30)/b24-23-. The van der Waals surface area contributed by atoms with E-state index in [9.17, 15) is 9.59 Å². The summed E-state index contributed by atoms with van der Waals surface area (Å²) in [5, 5.41) is 10.4. The van der Waals surface area contributed by atoms with Gasteiger partial charge in [0.15, 0.2) is 0 Å². The molecule has 1 aromatic heterocycles. The third-order valence-electron chi connectivity index (χ3n) is 6.05. The molecule has 3 heterocycles. The number of benzene rings is 2. The van der Waals surface area contributed by atoms with Gasteiger partial charge in [-0.1, -0.05) is 12.1 Å². The Morgan fingerprint density at radius 3 is 2.73 bits per heavy atom. The Hall–Kier alpha value is -3.42. The molecule has 0 saturated carbocycles. The van der Waals surface area contributed by atoms with Crippen LogP contribution in [-0.4, -0.2) is 37.0 Å². The lowest BCUT2D eigenvalue weighted by Gasteiger charge is -2.17. The van der Waals surface area contributed by atoms with Crippen molar-refractivity contribution in [3.63, 3.8) is 0 Å². The fourth-order valence-electron chi connectivity index (χ4n) is 4.44. The minimum absolute atomic E-state index is 0.200. The smallest absolute Gasteiger partial charge is 0.337 e. The van der Waals surface area contributed by atoms with Crippen molar-refractivity contribution >= 4 is 45.9 Å². The molecule has 2 N–H and O–H groups in total. The van der Waals surface area contributed by atoms with Crippen LogP contribution < -0.4 is 10.6 Å². The van der Waals surface area contributed by atoms with E-state index in [1.165, 1.54) is 25.5 Å². The second-order valence-corrected chi connectivity index (χ2v) is 9.06. The summed E-state index contributed by atoms with van der Waals surface area (Å²) in [5.74, 6) is -0.634. The molecule has 33 heavy (non-hydrogen) atoms. The van der Waals surface area contributed by atoms with Crippen molar-refractivity contribution in [2.24, 2.45) is 0 Å². The van der Waals surface area contributed by atoms with Crippen LogP contribution in [0.3, 0.4) is 0 Å². The highest BCUT2D eigenvalue weighted by Crippen LogP contribution is 2.38. The number of ether oxygens (including phenoxy) is 1. The first-order valence-corrected chi connectivity index (χ1v) is 12.0. The Balaban J connectivity index is 1.55. The lowest BCUT2D eigenvalue weighted by atomic mass is 9.99. The maximum atomic E-state index is 13.1. The zero-order valence-corrected chi connectivity index (χ0v) is 19.2. The van der Waals surface area contributed by atoms with E-state index in [4.69, 9.17) is 4.74 Å². The summed E-state index contributed by atoms with van der Waals surface area (Å²) in [7, 11) is 1.35. The van der Waals surface area contributed by atoms with Crippen molar-refractivity contribution in [3.05, 3.63) is 81.5 Å². The number of methoxy groups -OCH3 is 1. The SMILES string of the molecule is COC(=O)c1ccc2c(c1)/C(=C(/Nc1cccc(CN3CCCC3)c1)c1ccsc1)C(=O)N2. The van der Waals surface area contributed by atoms with Crippen molar-refractivity contribution < 1.29 is 14.3 Å². The van der Waals surface area contributed by atoms with Gasteiger partial charge in [-0.2, -0.15) is 11.3 Å². The quantitative estimate of drug-likeness (QED) is 0.398. The number of thiophene rings is 1. The second kappa shape index (κ2) is 9.21. The normalized spacial score (nSPS) is 16.9. The third-order valence-corrected chi connectivity index (χ3v) is 6.73. The number of nitrogens with one attached hydrogen (secondary N) is 2. The van der Waals surface area contributed by atoms with Crippen LogP contribution >= 0.6 is 11.3 Å². The number of carbonyl (C=O) groups excluding carboxylic acids is 2. The Labute approximate surface area is 196 Å². The molecule has 6 nitrogen and oxygen atoms in total. The number of likely N-dealkylation sites (tertiary alicyclic amines) is 1. The van der Waals surface area contributed by atoms with E-state index in [-0.39, 0.29) is 5.91 Å². The molecular weight excluding hydrogens is 434 g/mol. The number of hydrogen-bond acceptors (Lipinski definition) is 6. The van der Waals surface area contributed by atoms with Gasteiger partial charge < -0.3 is 15.4 Å². The van der Waals surface area contributed by atoms with Crippen LogP contribution in [0, 0.1) is 0 Å². The molecule has 0 radical (unpaired) electrons. The summed E-state index contributed by atoms with van der Waals surface area (Å²) in [4.78, 5) is 27.7. The minimum atomic E-state index is -0.434. The number of rotatable bonds is 6. The topological polar surface area (TPSA) is 70.7 Å². The van der Waals surface area contributed by atoms with Gasteiger partial charge in [-0.05, 0) is 73.3 Å². The number of nitrogens with zero attached hydrogens (tertiary/aromatic N) is 1. The highest BCUT2D eigenvalue weighted by atomic mass is 32.1. The monoisotopic (exact) mass is 459 g/mol. The molecule has 2 aliphatic heterocycles. The predicted molar refractivity (Wildman–Crippen MR) is 132 cm³/mol. The number of esters is 1. The average Bonchev–Trinajstić information content (AvgIpc) is 3.58. The molecule has 0 atom stereocenters. The Morgan fingerprint density at radius 2 is 1.97 bits per heavy atom. The van der Waals surface area contributed by atoms with Crippen molar-refractivity contribution in [3.8, 4) is 0 Å². The highest BCUT2D eigenvalue weighted by molar-refractivity contribution is 7.08. The number of fused-ring (bicyclic) bond motifs is 1. The molecule has 5 rings (SSSR count). The molecule has 0 bridgehead atoms. The molecule has 2 aromatic carbocycles. The zero-order chi connectivity index (χ0) is 22.8. The summed E-state index contributed by atoms with van der Waals surface area (Å²) < 4.78 is 4.88. The fraction of sp³-hybridized carbons (Fsp3) is 0.231. The van der Waals surface area contributed by atoms with Crippen LogP contribution in [-0.2, 0) is 16.1 Å². The number of anilines is 2. The summed E-state index contributed by atoms with van der Waals surface area (Å²) in [5.41, 5.74) is 6.08. The third kappa shape index (κ3) is 4.42. The highest BCUT2D eigenvalue weighted by Gasteiger charge is 2.29. The number of carbonyl (C=O) groups is 2. The molecular formula is C26H25N3O3S. The fourth-order valence-corrected chi connectivity index (χ4v) is 5.08. The van der Waals surface area contributed by atoms with Crippen molar-refractivity contribution in [2.45, 2.75) is 19.4 Å². The Bertz CT molecular complexity index is 1230. The van der Waals surface area contributed by atoms with Crippen molar-refractivity contribution in [1.29, 1.82) is 0 Å². The van der Waals surface area contributed by atoms with Gasteiger partial charge in [-0.3, -0.25) is 9.69 Å². The van der Waals surface area contributed by atoms with E-state index in [1.54, 1.807) is 29.5 Å². The van der Waals surface area contributed by atoms with Crippen molar-refractivity contribution in [1.82, 2.24) is 4.90 Å². The molecule has 1 saturated heterocycles. The lowest BCUT2D eigenvalue weighted by molar-refractivity contribution is -0.110. The predicted octanol–water partition coefficient (Wildman–Crippen LogP) is 5.06. The molecule has 1 amide bonds. The lowest BCUT2D eigenvalue weighted by Crippen LogP contribution is -2.18.